The number of aliphatic hydroxyl groups is 3. The van der Waals surface area contributed by atoms with Crippen molar-refractivity contribution in [3.8, 4) is 5.75 Å². The monoisotopic (exact) mass is 343 g/mol. The van der Waals surface area contributed by atoms with Gasteiger partial charge < -0.3 is 25.2 Å². The molecule has 0 atom stereocenters. The van der Waals surface area contributed by atoms with E-state index >= 15 is 0 Å². The highest BCUT2D eigenvalue weighted by Gasteiger charge is 2.05. The van der Waals surface area contributed by atoms with E-state index in [1.54, 1.807) is 17.0 Å². The highest BCUT2D eigenvalue weighted by molar-refractivity contribution is 5.89. The molecule has 1 aromatic rings. The van der Waals surface area contributed by atoms with Crippen LogP contribution in [0.4, 0.5) is 0 Å². The molecule has 0 aliphatic carbocycles. The van der Waals surface area contributed by atoms with Crippen molar-refractivity contribution in [3.05, 3.63) is 29.8 Å². The number of hydrogen-bond acceptors (Lipinski definition) is 7. The first-order valence-corrected chi connectivity index (χ1v) is 8.10. The minimum absolute atomic E-state index is 0.0694. The lowest BCUT2D eigenvalue weighted by atomic mass is 10.2. The third-order valence-corrected chi connectivity index (χ3v) is 3.08. The molecule has 7 nitrogen and oxygen atoms in total. The maximum Gasteiger partial charge on any atom is 0.338 e. The number of hydrogen-bond donors (Lipinski definition) is 4. The molecule has 0 unspecified atom stereocenters. The highest BCUT2D eigenvalue weighted by atomic mass is 16.5. The fourth-order valence-electron chi connectivity index (χ4n) is 1.75. The summed E-state index contributed by atoms with van der Waals surface area (Å²) in [6, 6.07) is 6.03. The molecule has 0 saturated carbocycles. The number of nitrogens with zero attached hydrogens (tertiary/aromatic N) is 1. The number of unbranched alkanes of at least 4 members (excludes halogenated alkanes) is 1. The topological polar surface area (TPSA) is 110 Å². The first-order chi connectivity index (χ1) is 11.6. The van der Waals surface area contributed by atoms with E-state index in [0.29, 0.717) is 31.8 Å². The van der Waals surface area contributed by atoms with Crippen molar-refractivity contribution in [2.24, 2.45) is 0 Å². The third-order valence-electron chi connectivity index (χ3n) is 3.08. The SMILES string of the molecule is CCCCOC(=O)c1ccc(O)cc1.OCCN(CCO)CCO. The summed E-state index contributed by atoms with van der Waals surface area (Å²) in [7, 11) is 0. The number of ether oxygens (including phenoxy) is 1. The third kappa shape index (κ3) is 11.0. The Morgan fingerprint density at radius 3 is 1.92 bits per heavy atom. The minimum Gasteiger partial charge on any atom is -0.508 e. The number of esters is 1. The molecular formula is C17H29NO6. The van der Waals surface area contributed by atoms with Gasteiger partial charge in [-0.2, -0.15) is 0 Å². The van der Waals surface area contributed by atoms with Crippen molar-refractivity contribution in [2.45, 2.75) is 19.8 Å². The van der Waals surface area contributed by atoms with Crippen LogP contribution >= 0.6 is 0 Å². The van der Waals surface area contributed by atoms with Crippen molar-refractivity contribution in [2.75, 3.05) is 46.1 Å². The Morgan fingerprint density at radius 2 is 1.50 bits per heavy atom. The van der Waals surface area contributed by atoms with Gasteiger partial charge in [0.1, 0.15) is 5.75 Å². The second kappa shape index (κ2) is 14.9. The van der Waals surface area contributed by atoms with E-state index in [1.165, 1.54) is 12.1 Å². The Balaban J connectivity index is 0.000000470. The molecule has 138 valence electrons. The molecule has 0 radical (unpaired) electrons. The number of carbonyl (C=O) groups excluding carboxylic acids is 1. The summed E-state index contributed by atoms with van der Waals surface area (Å²) in [5.74, 6) is -0.187. The number of phenols is 1. The predicted octanol–water partition coefficient (Wildman–Crippen LogP) is 0.614. The smallest absolute Gasteiger partial charge is 0.338 e. The van der Waals surface area contributed by atoms with Crippen molar-refractivity contribution in [3.63, 3.8) is 0 Å². The van der Waals surface area contributed by atoms with Gasteiger partial charge in [-0.25, -0.2) is 4.79 Å². The van der Waals surface area contributed by atoms with Crippen molar-refractivity contribution in [1.82, 2.24) is 4.90 Å². The van der Waals surface area contributed by atoms with Crippen LogP contribution < -0.4 is 0 Å². The van der Waals surface area contributed by atoms with Crippen LogP contribution in [0.3, 0.4) is 0 Å². The second-order valence-corrected chi connectivity index (χ2v) is 5.05. The Hall–Kier alpha value is -1.67. The van der Waals surface area contributed by atoms with Gasteiger partial charge in [0.25, 0.3) is 0 Å². The van der Waals surface area contributed by atoms with E-state index in [4.69, 9.17) is 25.2 Å². The molecule has 7 heteroatoms. The lowest BCUT2D eigenvalue weighted by Gasteiger charge is -2.17. The van der Waals surface area contributed by atoms with Gasteiger partial charge in [0.05, 0.1) is 32.0 Å². The molecule has 0 fully saturated rings. The van der Waals surface area contributed by atoms with Crippen molar-refractivity contribution in [1.29, 1.82) is 0 Å². The largest absolute Gasteiger partial charge is 0.508 e. The van der Waals surface area contributed by atoms with Crippen LogP contribution in [-0.4, -0.2) is 77.4 Å². The first-order valence-electron chi connectivity index (χ1n) is 8.10. The van der Waals surface area contributed by atoms with Gasteiger partial charge in [-0.15, -0.1) is 0 Å². The summed E-state index contributed by atoms with van der Waals surface area (Å²) < 4.78 is 4.99. The predicted molar refractivity (Wildman–Crippen MR) is 91.0 cm³/mol. The summed E-state index contributed by atoms with van der Waals surface area (Å²) in [5, 5.41) is 34.5. The number of carbonyl (C=O) groups is 1. The number of benzene rings is 1. The fraction of sp³-hybridized carbons (Fsp3) is 0.588. The van der Waals surface area contributed by atoms with E-state index in [9.17, 15) is 4.79 Å². The average Bonchev–Trinajstić information content (AvgIpc) is 2.57. The van der Waals surface area contributed by atoms with E-state index < -0.39 is 0 Å². The molecule has 4 N–H and O–H groups in total. The molecule has 0 aliphatic heterocycles. The molecule has 1 aromatic carbocycles. The fourth-order valence-corrected chi connectivity index (χ4v) is 1.75. The molecule has 0 spiro atoms. The van der Waals surface area contributed by atoms with E-state index in [1.807, 2.05) is 6.92 Å². The normalized spacial score (nSPS) is 10.2. The quantitative estimate of drug-likeness (QED) is 0.364. The summed E-state index contributed by atoms with van der Waals surface area (Å²) in [5.41, 5.74) is 0.471. The highest BCUT2D eigenvalue weighted by Crippen LogP contribution is 2.10. The van der Waals surface area contributed by atoms with Gasteiger partial charge in [-0.1, -0.05) is 13.3 Å². The average molecular weight is 343 g/mol. The van der Waals surface area contributed by atoms with Crippen LogP contribution in [0.25, 0.3) is 0 Å². The Kier molecular flexibility index (Phi) is 13.9. The van der Waals surface area contributed by atoms with E-state index in [-0.39, 0.29) is 31.5 Å². The van der Waals surface area contributed by atoms with E-state index in [0.717, 1.165) is 12.8 Å². The van der Waals surface area contributed by atoms with Crippen LogP contribution in [0, 0.1) is 0 Å². The number of rotatable bonds is 10. The summed E-state index contributed by atoms with van der Waals surface area (Å²) >= 11 is 0. The van der Waals surface area contributed by atoms with Crippen LogP contribution in [0.15, 0.2) is 24.3 Å². The van der Waals surface area contributed by atoms with Gasteiger partial charge in [-0.3, -0.25) is 4.90 Å². The van der Waals surface area contributed by atoms with Gasteiger partial charge in [-0.05, 0) is 30.7 Å². The zero-order chi connectivity index (χ0) is 18.2. The van der Waals surface area contributed by atoms with Crippen LogP contribution in [0.5, 0.6) is 5.75 Å². The molecule has 0 aliphatic rings. The lowest BCUT2D eigenvalue weighted by Crippen LogP contribution is -2.32. The summed E-state index contributed by atoms with van der Waals surface area (Å²) in [6.45, 7) is 4.24. The first kappa shape index (κ1) is 22.3. The van der Waals surface area contributed by atoms with E-state index in [2.05, 4.69) is 0 Å². The zero-order valence-electron chi connectivity index (χ0n) is 14.2. The minimum atomic E-state index is -0.335. The molecule has 0 amide bonds. The van der Waals surface area contributed by atoms with Crippen LogP contribution in [0.2, 0.25) is 0 Å². The second-order valence-electron chi connectivity index (χ2n) is 5.05. The molecule has 0 saturated heterocycles. The van der Waals surface area contributed by atoms with Crippen LogP contribution in [0.1, 0.15) is 30.1 Å². The number of aromatic hydroxyl groups is 1. The Labute approximate surface area is 143 Å². The molecule has 0 bridgehead atoms. The van der Waals surface area contributed by atoms with Crippen LogP contribution in [-0.2, 0) is 4.74 Å². The summed E-state index contributed by atoms with van der Waals surface area (Å²) in [4.78, 5) is 13.1. The Morgan fingerprint density at radius 1 is 1.00 bits per heavy atom. The standard InChI is InChI=1S/C11H14O3.C6H15NO3/c1-2-3-8-14-11(13)9-4-6-10(12)7-5-9;8-4-1-7(2-5-9)3-6-10/h4-7,12H,2-3,8H2,1H3;8-10H,1-6H2. The Bertz CT molecular complexity index is 409. The van der Waals surface area contributed by atoms with Crippen molar-refractivity contribution >= 4 is 5.97 Å². The number of aliphatic hydroxyl groups excluding tert-OH is 3. The summed E-state index contributed by atoms with van der Waals surface area (Å²) in [6.07, 6.45) is 1.88. The zero-order valence-corrected chi connectivity index (χ0v) is 14.2. The van der Waals surface area contributed by atoms with Gasteiger partial charge in [0.15, 0.2) is 0 Å². The maximum atomic E-state index is 11.3. The van der Waals surface area contributed by atoms with Crippen molar-refractivity contribution < 1.29 is 30.0 Å². The number of phenolic OH excluding ortho intramolecular Hbond substituents is 1. The molecular weight excluding hydrogens is 314 g/mol. The molecule has 1 rings (SSSR count). The molecule has 24 heavy (non-hydrogen) atoms. The van der Waals surface area contributed by atoms with Gasteiger partial charge >= 0.3 is 5.97 Å². The molecule has 0 heterocycles. The molecule has 0 aromatic heterocycles. The maximum absolute atomic E-state index is 11.3. The van der Waals surface area contributed by atoms with Gasteiger partial charge in [0.2, 0.25) is 0 Å². The lowest BCUT2D eigenvalue weighted by molar-refractivity contribution is 0.0499. The van der Waals surface area contributed by atoms with Gasteiger partial charge in [0, 0.05) is 19.6 Å².